The Labute approximate surface area is 127 Å². The molecular formula is C18H38N2. The van der Waals surface area contributed by atoms with E-state index in [9.17, 15) is 0 Å². The molecule has 1 saturated carbocycles. The summed E-state index contributed by atoms with van der Waals surface area (Å²) >= 11 is 0. The maximum Gasteiger partial charge on any atom is 0.0108 e. The van der Waals surface area contributed by atoms with Gasteiger partial charge in [0, 0.05) is 12.6 Å². The highest BCUT2D eigenvalue weighted by Gasteiger charge is 2.30. The van der Waals surface area contributed by atoms with Gasteiger partial charge < -0.3 is 10.2 Å². The van der Waals surface area contributed by atoms with E-state index in [1.165, 1.54) is 64.6 Å². The minimum atomic E-state index is 0.768. The molecule has 0 aromatic carbocycles. The molecule has 3 atom stereocenters. The summed E-state index contributed by atoms with van der Waals surface area (Å²) in [5.74, 6) is 1.86. The molecule has 1 rings (SSSR count). The van der Waals surface area contributed by atoms with Gasteiger partial charge in [0.05, 0.1) is 0 Å². The van der Waals surface area contributed by atoms with Crippen molar-refractivity contribution in [2.24, 2.45) is 11.8 Å². The predicted octanol–water partition coefficient (Wildman–Crippen LogP) is 4.30. The van der Waals surface area contributed by atoms with Crippen LogP contribution in [0.3, 0.4) is 0 Å². The van der Waals surface area contributed by atoms with Gasteiger partial charge in [-0.1, -0.05) is 40.5 Å². The lowest BCUT2D eigenvalue weighted by atomic mass is 9.76. The van der Waals surface area contributed by atoms with E-state index in [-0.39, 0.29) is 0 Å². The number of hydrogen-bond donors (Lipinski definition) is 1. The smallest absolute Gasteiger partial charge is 0.0108 e. The van der Waals surface area contributed by atoms with Crippen molar-refractivity contribution in [2.45, 2.75) is 78.7 Å². The van der Waals surface area contributed by atoms with Crippen LogP contribution in [0.1, 0.15) is 72.6 Å². The van der Waals surface area contributed by atoms with E-state index in [0.717, 1.165) is 24.4 Å². The first-order valence-corrected chi connectivity index (χ1v) is 9.20. The van der Waals surface area contributed by atoms with Crippen LogP contribution < -0.4 is 5.32 Å². The highest BCUT2D eigenvalue weighted by molar-refractivity contribution is 4.86. The summed E-state index contributed by atoms with van der Waals surface area (Å²) in [6, 6.07) is 0.768. The van der Waals surface area contributed by atoms with E-state index >= 15 is 0 Å². The summed E-state index contributed by atoms with van der Waals surface area (Å²) in [6.07, 6.45) is 9.68. The van der Waals surface area contributed by atoms with Gasteiger partial charge in [-0.25, -0.2) is 0 Å². The molecule has 1 N–H and O–H groups in total. The molecule has 0 aromatic heterocycles. The molecule has 1 aliphatic carbocycles. The van der Waals surface area contributed by atoms with Crippen molar-refractivity contribution >= 4 is 0 Å². The van der Waals surface area contributed by atoms with Gasteiger partial charge in [0.25, 0.3) is 0 Å². The van der Waals surface area contributed by atoms with Crippen LogP contribution in [-0.4, -0.2) is 37.1 Å². The fourth-order valence-electron chi connectivity index (χ4n) is 4.02. The molecule has 0 saturated heterocycles. The Morgan fingerprint density at radius 2 is 1.65 bits per heavy atom. The van der Waals surface area contributed by atoms with E-state index in [2.05, 4.69) is 37.9 Å². The second-order valence-corrected chi connectivity index (χ2v) is 6.69. The van der Waals surface area contributed by atoms with Crippen LogP contribution in [0.25, 0.3) is 0 Å². The molecule has 0 heterocycles. The van der Waals surface area contributed by atoms with Crippen molar-refractivity contribution in [3.05, 3.63) is 0 Å². The lowest BCUT2D eigenvalue weighted by molar-refractivity contribution is 0.136. The molecule has 0 bridgehead atoms. The minimum absolute atomic E-state index is 0.768. The van der Waals surface area contributed by atoms with Crippen LogP contribution in [0, 0.1) is 11.8 Å². The Morgan fingerprint density at radius 3 is 2.20 bits per heavy atom. The molecule has 20 heavy (non-hydrogen) atoms. The quantitative estimate of drug-likeness (QED) is 0.642. The molecule has 120 valence electrons. The molecule has 1 fully saturated rings. The van der Waals surface area contributed by atoms with Crippen LogP contribution in [0.2, 0.25) is 0 Å². The van der Waals surface area contributed by atoms with Gasteiger partial charge in [-0.3, -0.25) is 0 Å². The maximum atomic E-state index is 3.76. The highest BCUT2D eigenvalue weighted by Crippen LogP contribution is 2.32. The summed E-state index contributed by atoms with van der Waals surface area (Å²) in [5.41, 5.74) is 0. The molecule has 0 aromatic rings. The van der Waals surface area contributed by atoms with Crippen molar-refractivity contribution in [1.82, 2.24) is 10.2 Å². The third-order valence-corrected chi connectivity index (χ3v) is 4.83. The van der Waals surface area contributed by atoms with Crippen molar-refractivity contribution < 1.29 is 0 Å². The zero-order chi connectivity index (χ0) is 14.8. The summed E-state index contributed by atoms with van der Waals surface area (Å²) < 4.78 is 0. The van der Waals surface area contributed by atoms with Gasteiger partial charge in [0.1, 0.15) is 0 Å². The van der Waals surface area contributed by atoms with Gasteiger partial charge >= 0.3 is 0 Å². The fourth-order valence-corrected chi connectivity index (χ4v) is 4.02. The normalized spacial score (nSPS) is 27.1. The molecule has 0 amide bonds. The third-order valence-electron chi connectivity index (χ3n) is 4.83. The molecule has 2 nitrogen and oxygen atoms in total. The number of nitrogens with one attached hydrogen (secondary N) is 1. The molecule has 0 aliphatic heterocycles. The van der Waals surface area contributed by atoms with E-state index < -0.39 is 0 Å². The number of nitrogens with zero attached hydrogens (tertiary/aromatic N) is 1. The Balaban J connectivity index is 2.56. The molecule has 0 spiro atoms. The van der Waals surface area contributed by atoms with Crippen LogP contribution in [0.4, 0.5) is 0 Å². The monoisotopic (exact) mass is 282 g/mol. The lowest BCUT2D eigenvalue weighted by Crippen LogP contribution is -2.46. The fraction of sp³-hybridized carbons (Fsp3) is 1.00. The van der Waals surface area contributed by atoms with Gasteiger partial charge in [-0.2, -0.15) is 0 Å². The van der Waals surface area contributed by atoms with Crippen molar-refractivity contribution in [3.63, 3.8) is 0 Å². The van der Waals surface area contributed by atoms with Crippen LogP contribution in [-0.2, 0) is 0 Å². The Hall–Kier alpha value is -0.0800. The zero-order valence-corrected chi connectivity index (χ0v) is 14.5. The van der Waals surface area contributed by atoms with E-state index in [0.29, 0.717) is 0 Å². The summed E-state index contributed by atoms with van der Waals surface area (Å²) in [6.45, 7) is 14.2. The highest BCUT2D eigenvalue weighted by atomic mass is 15.1. The summed E-state index contributed by atoms with van der Waals surface area (Å²) in [5, 5.41) is 3.76. The Morgan fingerprint density at radius 1 is 0.950 bits per heavy atom. The molecule has 3 unspecified atom stereocenters. The molecular weight excluding hydrogens is 244 g/mol. The predicted molar refractivity (Wildman–Crippen MR) is 90.2 cm³/mol. The first-order valence-electron chi connectivity index (χ1n) is 9.20. The average molecular weight is 283 g/mol. The number of rotatable bonds is 10. The number of hydrogen-bond acceptors (Lipinski definition) is 2. The lowest BCUT2D eigenvalue weighted by Gasteiger charge is -2.39. The second-order valence-electron chi connectivity index (χ2n) is 6.69. The van der Waals surface area contributed by atoms with Crippen molar-refractivity contribution in [2.75, 3.05) is 26.2 Å². The molecule has 2 heteroatoms. The van der Waals surface area contributed by atoms with Crippen LogP contribution in [0.15, 0.2) is 0 Å². The first-order chi connectivity index (χ1) is 9.74. The Bertz CT molecular complexity index is 223. The van der Waals surface area contributed by atoms with Gasteiger partial charge in [-0.15, -0.1) is 0 Å². The summed E-state index contributed by atoms with van der Waals surface area (Å²) in [7, 11) is 0. The van der Waals surface area contributed by atoms with Crippen LogP contribution >= 0.6 is 0 Å². The standard InChI is InChI=1S/C18H38N2/c1-5-9-16-10-11-18(19-8-4)17(14-16)15-20(12-6-2)13-7-3/h16-19H,5-15H2,1-4H3. The maximum absolute atomic E-state index is 3.76. The zero-order valence-electron chi connectivity index (χ0n) is 14.5. The Kier molecular flexibility index (Phi) is 9.54. The van der Waals surface area contributed by atoms with Gasteiger partial charge in [-0.05, 0) is 63.6 Å². The van der Waals surface area contributed by atoms with E-state index in [1.54, 1.807) is 0 Å². The van der Waals surface area contributed by atoms with E-state index in [4.69, 9.17) is 0 Å². The molecule has 0 radical (unpaired) electrons. The van der Waals surface area contributed by atoms with Gasteiger partial charge in [0.15, 0.2) is 0 Å². The van der Waals surface area contributed by atoms with Crippen molar-refractivity contribution in [3.8, 4) is 0 Å². The minimum Gasteiger partial charge on any atom is -0.314 e. The largest absolute Gasteiger partial charge is 0.314 e. The molecule has 1 aliphatic rings. The summed E-state index contributed by atoms with van der Waals surface area (Å²) in [4.78, 5) is 2.71. The second kappa shape index (κ2) is 10.6. The van der Waals surface area contributed by atoms with Gasteiger partial charge in [0.2, 0.25) is 0 Å². The van der Waals surface area contributed by atoms with Crippen molar-refractivity contribution in [1.29, 1.82) is 0 Å². The average Bonchev–Trinajstić information content (AvgIpc) is 2.43. The topological polar surface area (TPSA) is 15.3 Å². The van der Waals surface area contributed by atoms with E-state index in [1.807, 2.05) is 0 Å². The third kappa shape index (κ3) is 6.13. The van der Waals surface area contributed by atoms with Crippen LogP contribution in [0.5, 0.6) is 0 Å². The SMILES string of the molecule is CCCC1CCC(NCC)C(CN(CCC)CCC)C1. The first kappa shape index (κ1) is 18.0.